The minimum Gasteiger partial charge on any atom is -0.493 e. The summed E-state index contributed by atoms with van der Waals surface area (Å²) < 4.78 is 11.3. The van der Waals surface area contributed by atoms with Crippen LogP contribution in [0.15, 0.2) is 42.7 Å². The van der Waals surface area contributed by atoms with Gasteiger partial charge in [-0.1, -0.05) is 19.1 Å². The number of alkyl halides is 1. The van der Waals surface area contributed by atoms with Crippen LogP contribution in [0, 0.1) is 0 Å². The average molecular weight is 443 g/mol. The van der Waals surface area contributed by atoms with E-state index in [0.717, 1.165) is 28.6 Å². The van der Waals surface area contributed by atoms with Crippen LogP contribution >= 0.6 is 11.6 Å². The molecule has 0 bridgehead atoms. The van der Waals surface area contributed by atoms with Crippen molar-refractivity contribution in [2.24, 2.45) is 0 Å². The molecule has 0 radical (unpaired) electrons. The zero-order valence-corrected chi connectivity index (χ0v) is 18.7. The van der Waals surface area contributed by atoms with Crippen molar-refractivity contribution in [1.29, 1.82) is 0 Å². The van der Waals surface area contributed by atoms with E-state index in [4.69, 9.17) is 21.1 Å². The third-order valence-corrected chi connectivity index (χ3v) is 5.12. The van der Waals surface area contributed by atoms with Crippen molar-refractivity contribution < 1.29 is 14.3 Å². The number of fused-ring (bicyclic) bond motifs is 1. The molecular weight excluding hydrogens is 416 g/mol. The second-order valence-electron chi connectivity index (χ2n) is 7.22. The Morgan fingerprint density at radius 3 is 2.61 bits per heavy atom. The van der Waals surface area contributed by atoms with Crippen LogP contribution in [-0.2, 0) is 4.79 Å². The molecule has 1 heterocycles. The molecule has 0 saturated carbocycles. The first-order valence-corrected chi connectivity index (χ1v) is 10.7. The van der Waals surface area contributed by atoms with Crippen molar-refractivity contribution in [2.45, 2.75) is 26.2 Å². The molecule has 1 aromatic heterocycles. The van der Waals surface area contributed by atoms with Gasteiger partial charge in [-0.25, -0.2) is 9.97 Å². The molecule has 0 aliphatic carbocycles. The van der Waals surface area contributed by atoms with Gasteiger partial charge in [0.25, 0.3) is 0 Å². The number of anilines is 2. The van der Waals surface area contributed by atoms with Crippen LogP contribution < -0.4 is 20.1 Å². The smallest absolute Gasteiger partial charge is 0.216 e. The molecule has 8 heteroatoms. The van der Waals surface area contributed by atoms with Gasteiger partial charge in [0.2, 0.25) is 5.91 Å². The molecule has 7 nitrogen and oxygen atoms in total. The normalized spacial score (nSPS) is 11.7. The Kier molecular flexibility index (Phi) is 7.89. The predicted octanol–water partition coefficient (Wildman–Crippen LogP) is 4.63. The Hall–Kier alpha value is -3.06. The highest BCUT2D eigenvalue weighted by atomic mass is 35.5. The second-order valence-corrected chi connectivity index (χ2v) is 7.60. The maximum absolute atomic E-state index is 11.1. The van der Waals surface area contributed by atoms with Gasteiger partial charge in [0.1, 0.15) is 12.1 Å². The number of aromatic nitrogens is 2. The maximum atomic E-state index is 11.1. The first-order chi connectivity index (χ1) is 15.0. The number of methoxy groups -OCH3 is 1. The predicted molar refractivity (Wildman–Crippen MR) is 124 cm³/mol. The molecule has 0 unspecified atom stereocenters. The van der Waals surface area contributed by atoms with Crippen molar-refractivity contribution in [3.63, 3.8) is 0 Å². The molecule has 2 N–H and O–H groups in total. The van der Waals surface area contributed by atoms with E-state index in [1.807, 2.05) is 36.4 Å². The van der Waals surface area contributed by atoms with Gasteiger partial charge in [-0.15, -0.1) is 11.6 Å². The van der Waals surface area contributed by atoms with Gasteiger partial charge in [0, 0.05) is 36.5 Å². The van der Waals surface area contributed by atoms with Gasteiger partial charge >= 0.3 is 0 Å². The van der Waals surface area contributed by atoms with Crippen molar-refractivity contribution in [3.8, 4) is 11.5 Å². The monoisotopic (exact) mass is 442 g/mol. The summed E-state index contributed by atoms with van der Waals surface area (Å²) in [6.45, 7) is 4.71. The zero-order chi connectivity index (χ0) is 22.2. The molecule has 3 rings (SSSR count). The molecule has 164 valence electrons. The fourth-order valence-electron chi connectivity index (χ4n) is 3.12. The number of nitrogens with zero attached hydrogens (tertiary/aromatic N) is 2. The van der Waals surface area contributed by atoms with E-state index in [2.05, 4.69) is 27.5 Å². The van der Waals surface area contributed by atoms with E-state index in [-0.39, 0.29) is 11.8 Å². The fourth-order valence-corrected chi connectivity index (χ4v) is 3.23. The molecule has 0 spiro atoms. The van der Waals surface area contributed by atoms with Gasteiger partial charge < -0.3 is 20.1 Å². The third-order valence-electron chi connectivity index (χ3n) is 4.86. The Balaban J connectivity index is 1.82. The summed E-state index contributed by atoms with van der Waals surface area (Å²) in [5, 5.41) is 7.03. The molecule has 1 atom stereocenters. The first kappa shape index (κ1) is 22.6. The van der Waals surface area contributed by atoms with E-state index in [1.165, 1.54) is 13.3 Å². The minimum atomic E-state index is -0.0246. The Morgan fingerprint density at radius 1 is 1.16 bits per heavy atom. The maximum Gasteiger partial charge on any atom is 0.216 e. The van der Waals surface area contributed by atoms with Crippen LogP contribution in [0.3, 0.4) is 0 Å². The van der Waals surface area contributed by atoms with Crippen LogP contribution in [0.1, 0.15) is 31.7 Å². The number of carbonyl (C=O) groups is 1. The Labute approximate surface area is 187 Å². The van der Waals surface area contributed by atoms with E-state index in [0.29, 0.717) is 36.3 Å². The largest absolute Gasteiger partial charge is 0.493 e. The highest BCUT2D eigenvalue weighted by Crippen LogP contribution is 2.35. The van der Waals surface area contributed by atoms with Crippen LogP contribution in [-0.4, -0.2) is 42.0 Å². The molecule has 0 saturated heterocycles. The molecule has 3 aromatic rings. The fraction of sp³-hybridized carbons (Fsp3) is 0.348. The summed E-state index contributed by atoms with van der Waals surface area (Å²) in [5.74, 6) is 2.64. The SMILES string of the molecule is COc1cc2ncnc(Nc3ccc([C@@H](C)CNC(C)=O)cc3)c2cc1OCCCCl. The number of amides is 1. The number of rotatable bonds is 10. The number of halogens is 1. The molecule has 0 aliphatic rings. The summed E-state index contributed by atoms with van der Waals surface area (Å²) in [7, 11) is 1.60. The topological polar surface area (TPSA) is 85.4 Å². The highest BCUT2D eigenvalue weighted by Gasteiger charge is 2.12. The van der Waals surface area contributed by atoms with Crippen molar-refractivity contribution in [2.75, 3.05) is 31.5 Å². The van der Waals surface area contributed by atoms with Gasteiger partial charge in [-0.3, -0.25) is 4.79 Å². The number of nitrogens with one attached hydrogen (secondary N) is 2. The second kappa shape index (κ2) is 10.8. The summed E-state index contributed by atoms with van der Waals surface area (Å²) >= 11 is 5.75. The summed E-state index contributed by atoms with van der Waals surface area (Å²) in [6.07, 6.45) is 2.26. The summed E-state index contributed by atoms with van der Waals surface area (Å²) in [4.78, 5) is 19.9. The molecule has 31 heavy (non-hydrogen) atoms. The van der Waals surface area contributed by atoms with Gasteiger partial charge in [0.05, 0.1) is 19.2 Å². The van der Waals surface area contributed by atoms with Crippen LogP contribution in [0.4, 0.5) is 11.5 Å². The molecule has 0 fully saturated rings. The van der Waals surface area contributed by atoms with Crippen molar-refractivity contribution in [3.05, 3.63) is 48.3 Å². The van der Waals surface area contributed by atoms with E-state index < -0.39 is 0 Å². The average Bonchev–Trinajstić information content (AvgIpc) is 2.78. The summed E-state index contributed by atoms with van der Waals surface area (Å²) in [6, 6.07) is 11.8. The highest BCUT2D eigenvalue weighted by molar-refractivity contribution is 6.17. The van der Waals surface area contributed by atoms with Crippen molar-refractivity contribution in [1.82, 2.24) is 15.3 Å². The van der Waals surface area contributed by atoms with E-state index >= 15 is 0 Å². The Morgan fingerprint density at radius 2 is 1.94 bits per heavy atom. The first-order valence-electron chi connectivity index (χ1n) is 10.1. The van der Waals surface area contributed by atoms with Gasteiger partial charge in [0.15, 0.2) is 11.5 Å². The number of benzene rings is 2. The van der Waals surface area contributed by atoms with E-state index in [1.54, 1.807) is 7.11 Å². The number of ether oxygens (including phenoxy) is 2. The molecular formula is C23H27ClN4O3. The van der Waals surface area contributed by atoms with Crippen molar-refractivity contribution >= 4 is 39.9 Å². The van der Waals surface area contributed by atoms with Gasteiger partial charge in [-0.05, 0) is 36.1 Å². The zero-order valence-electron chi connectivity index (χ0n) is 17.9. The number of hydrogen-bond acceptors (Lipinski definition) is 6. The molecule has 2 aromatic carbocycles. The molecule has 0 aliphatic heterocycles. The third kappa shape index (κ3) is 5.98. The van der Waals surface area contributed by atoms with Crippen LogP contribution in [0.2, 0.25) is 0 Å². The summed E-state index contributed by atoms with van der Waals surface area (Å²) in [5.41, 5.74) is 2.79. The number of carbonyl (C=O) groups excluding carboxylic acids is 1. The minimum absolute atomic E-state index is 0.0246. The quantitative estimate of drug-likeness (QED) is 0.351. The number of hydrogen-bond donors (Lipinski definition) is 2. The van der Waals surface area contributed by atoms with E-state index in [9.17, 15) is 4.79 Å². The standard InChI is InChI=1S/C23H27ClN4O3/c1-15(13-25-16(2)29)17-5-7-18(8-6-17)28-23-19-11-22(31-10-4-9-24)21(30-3)12-20(19)26-14-27-23/h5-8,11-12,14-15H,4,9-10,13H2,1-3H3,(H,25,29)(H,26,27,28)/t15-/m0/s1. The van der Waals surface area contributed by atoms with Crippen LogP contribution in [0.25, 0.3) is 10.9 Å². The molecule has 1 amide bonds. The lowest BCUT2D eigenvalue weighted by molar-refractivity contribution is -0.119. The lowest BCUT2D eigenvalue weighted by Crippen LogP contribution is -2.24. The lowest BCUT2D eigenvalue weighted by atomic mass is 10.0. The Bertz CT molecular complexity index is 1030. The van der Waals surface area contributed by atoms with Crippen LogP contribution in [0.5, 0.6) is 11.5 Å². The van der Waals surface area contributed by atoms with Gasteiger partial charge in [-0.2, -0.15) is 0 Å². The lowest BCUT2D eigenvalue weighted by Gasteiger charge is -2.15.